The van der Waals surface area contributed by atoms with Crippen molar-refractivity contribution in [3.05, 3.63) is 0 Å². The van der Waals surface area contributed by atoms with Crippen molar-refractivity contribution < 1.29 is 14.3 Å². The molecule has 0 bridgehead atoms. The lowest BCUT2D eigenvalue weighted by Crippen LogP contribution is -2.54. The Labute approximate surface area is 163 Å². The molecule has 154 valence electrons. The van der Waals surface area contributed by atoms with E-state index in [-0.39, 0.29) is 24.0 Å². The quantitative estimate of drug-likeness (QED) is 0.677. The lowest BCUT2D eigenvalue weighted by molar-refractivity contribution is -0.141. The molecule has 0 aromatic rings. The maximum Gasteiger partial charge on any atom is 0.239 e. The van der Waals surface area contributed by atoms with Gasteiger partial charge in [-0.3, -0.25) is 14.5 Å². The number of hydrogen-bond acceptors (Lipinski definition) is 5. The second kappa shape index (κ2) is 9.85. The van der Waals surface area contributed by atoms with Gasteiger partial charge in [0.2, 0.25) is 11.8 Å². The Hall–Kier alpha value is -1.18. The molecule has 27 heavy (non-hydrogen) atoms. The summed E-state index contributed by atoms with van der Waals surface area (Å²) in [7, 11) is 0. The lowest BCUT2D eigenvalue weighted by atomic mass is 10.1. The zero-order valence-corrected chi connectivity index (χ0v) is 17.1. The van der Waals surface area contributed by atoms with Crippen LogP contribution in [0.5, 0.6) is 0 Å². The van der Waals surface area contributed by atoms with Crippen LogP contribution in [0.1, 0.15) is 39.5 Å². The van der Waals surface area contributed by atoms with Crippen molar-refractivity contribution in [2.45, 2.75) is 51.7 Å². The molecule has 3 aliphatic heterocycles. The smallest absolute Gasteiger partial charge is 0.239 e. The van der Waals surface area contributed by atoms with Crippen LogP contribution in [0.4, 0.5) is 0 Å². The molecule has 2 amide bonds. The van der Waals surface area contributed by atoms with E-state index in [1.807, 2.05) is 16.7 Å². The molecule has 3 saturated heterocycles. The number of rotatable bonds is 6. The molecule has 3 heterocycles. The molecule has 3 fully saturated rings. The first kappa shape index (κ1) is 20.6. The van der Waals surface area contributed by atoms with Crippen LogP contribution in [0.15, 0.2) is 0 Å². The van der Waals surface area contributed by atoms with Gasteiger partial charge in [-0.25, -0.2) is 0 Å². The highest BCUT2D eigenvalue weighted by Gasteiger charge is 2.33. The minimum absolute atomic E-state index is 0.0965. The van der Waals surface area contributed by atoms with Crippen LogP contribution in [0.2, 0.25) is 0 Å². The maximum atomic E-state index is 12.8. The van der Waals surface area contributed by atoms with E-state index in [9.17, 15) is 9.59 Å². The van der Waals surface area contributed by atoms with Crippen LogP contribution in [-0.2, 0) is 14.3 Å². The van der Waals surface area contributed by atoms with Crippen LogP contribution in [-0.4, -0.2) is 109 Å². The molecule has 0 saturated carbocycles. The van der Waals surface area contributed by atoms with Gasteiger partial charge < -0.3 is 19.4 Å². The minimum Gasteiger partial charge on any atom is -0.376 e. The van der Waals surface area contributed by atoms with Gasteiger partial charge >= 0.3 is 0 Å². The van der Waals surface area contributed by atoms with Crippen molar-refractivity contribution in [2.24, 2.45) is 0 Å². The molecule has 0 N–H and O–H groups in total. The third-order valence-electron chi connectivity index (χ3n) is 6.33. The third kappa shape index (κ3) is 5.65. The van der Waals surface area contributed by atoms with Gasteiger partial charge in [-0.1, -0.05) is 6.42 Å². The Morgan fingerprint density at radius 3 is 2.30 bits per heavy atom. The van der Waals surface area contributed by atoms with Gasteiger partial charge in [0.1, 0.15) is 0 Å². The maximum absolute atomic E-state index is 12.8. The van der Waals surface area contributed by atoms with Crippen molar-refractivity contribution in [2.75, 3.05) is 65.5 Å². The number of nitrogens with zero attached hydrogens (tertiary/aromatic N) is 4. The summed E-state index contributed by atoms with van der Waals surface area (Å²) in [5.74, 6) is 0.284. The molecule has 0 radical (unpaired) electrons. The van der Waals surface area contributed by atoms with E-state index in [0.29, 0.717) is 26.2 Å². The molecule has 3 aliphatic rings. The summed E-state index contributed by atoms with van der Waals surface area (Å²) in [5, 5.41) is 0. The van der Waals surface area contributed by atoms with E-state index in [1.54, 1.807) is 6.92 Å². The Morgan fingerprint density at radius 2 is 1.63 bits per heavy atom. The molecule has 0 aromatic heterocycles. The van der Waals surface area contributed by atoms with Crippen molar-refractivity contribution in [1.82, 2.24) is 19.6 Å². The monoisotopic (exact) mass is 380 g/mol. The standard InChI is InChI=1S/C20H36N4O3/c1-17(20(26)23-12-10-22(11-13-23)18(2)25)24-9-6-19(16-24)27-15-14-21-7-4-3-5-8-21/h17,19H,3-16H2,1-2H3/t17-,19+/m1/s1. The second-order valence-electron chi connectivity index (χ2n) is 8.19. The molecular weight excluding hydrogens is 344 g/mol. The molecule has 0 aromatic carbocycles. The molecule has 7 nitrogen and oxygen atoms in total. The van der Waals surface area contributed by atoms with Crippen LogP contribution < -0.4 is 0 Å². The van der Waals surface area contributed by atoms with Gasteiger partial charge in [0, 0.05) is 52.7 Å². The van der Waals surface area contributed by atoms with E-state index < -0.39 is 0 Å². The van der Waals surface area contributed by atoms with Crippen LogP contribution in [0.25, 0.3) is 0 Å². The van der Waals surface area contributed by atoms with Gasteiger partial charge in [-0.05, 0) is 39.3 Å². The molecule has 0 spiro atoms. The summed E-state index contributed by atoms with van der Waals surface area (Å²) >= 11 is 0. The SMILES string of the molecule is CC(=O)N1CCN(C(=O)[C@@H](C)N2CC[C@H](OCCN3CCCCC3)C2)CC1. The number of amides is 2. The number of ether oxygens (including phenoxy) is 1. The fourth-order valence-electron chi connectivity index (χ4n) is 4.44. The van der Waals surface area contributed by atoms with Crippen molar-refractivity contribution in [3.8, 4) is 0 Å². The third-order valence-corrected chi connectivity index (χ3v) is 6.33. The first-order valence-corrected chi connectivity index (χ1v) is 10.7. The zero-order valence-electron chi connectivity index (χ0n) is 17.1. The summed E-state index contributed by atoms with van der Waals surface area (Å²) in [6.45, 7) is 12.2. The predicted molar refractivity (Wildman–Crippen MR) is 105 cm³/mol. The summed E-state index contributed by atoms with van der Waals surface area (Å²) in [6, 6.07) is -0.107. The summed E-state index contributed by atoms with van der Waals surface area (Å²) < 4.78 is 6.10. The number of piperazine rings is 1. The lowest BCUT2D eigenvalue weighted by Gasteiger charge is -2.37. The van der Waals surface area contributed by atoms with Crippen molar-refractivity contribution >= 4 is 11.8 Å². The van der Waals surface area contributed by atoms with Gasteiger partial charge in [-0.2, -0.15) is 0 Å². The highest BCUT2D eigenvalue weighted by atomic mass is 16.5. The van der Waals surface area contributed by atoms with Crippen LogP contribution in [0, 0.1) is 0 Å². The first-order valence-electron chi connectivity index (χ1n) is 10.7. The summed E-state index contributed by atoms with van der Waals surface area (Å²) in [6.07, 6.45) is 5.26. The van der Waals surface area contributed by atoms with E-state index >= 15 is 0 Å². The molecule has 7 heteroatoms. The van der Waals surface area contributed by atoms with Gasteiger partial charge in [-0.15, -0.1) is 0 Å². The predicted octanol–water partition coefficient (Wildman–Crippen LogP) is 0.642. The van der Waals surface area contributed by atoms with Gasteiger partial charge in [0.25, 0.3) is 0 Å². The van der Waals surface area contributed by atoms with Gasteiger partial charge in [0.15, 0.2) is 0 Å². The average molecular weight is 381 g/mol. The first-order chi connectivity index (χ1) is 13.0. The Kier molecular flexibility index (Phi) is 7.49. The number of carbonyl (C=O) groups excluding carboxylic acids is 2. The molecule has 2 atom stereocenters. The highest BCUT2D eigenvalue weighted by Crippen LogP contribution is 2.18. The normalized spacial score (nSPS) is 26.4. The number of carbonyl (C=O) groups is 2. The second-order valence-corrected chi connectivity index (χ2v) is 8.19. The van der Waals surface area contributed by atoms with Crippen LogP contribution >= 0.6 is 0 Å². The van der Waals surface area contributed by atoms with E-state index in [1.165, 1.54) is 32.4 Å². The van der Waals surface area contributed by atoms with E-state index in [2.05, 4.69) is 9.80 Å². The number of hydrogen-bond donors (Lipinski definition) is 0. The Morgan fingerprint density at radius 1 is 0.963 bits per heavy atom. The average Bonchev–Trinajstić information content (AvgIpc) is 3.16. The van der Waals surface area contributed by atoms with Crippen molar-refractivity contribution in [1.29, 1.82) is 0 Å². The molecule has 3 rings (SSSR count). The molecular formula is C20H36N4O3. The van der Waals surface area contributed by atoms with Crippen LogP contribution in [0.3, 0.4) is 0 Å². The highest BCUT2D eigenvalue weighted by molar-refractivity contribution is 5.82. The van der Waals surface area contributed by atoms with E-state index in [4.69, 9.17) is 4.74 Å². The fraction of sp³-hybridized carbons (Fsp3) is 0.900. The number of piperidine rings is 1. The van der Waals surface area contributed by atoms with Gasteiger partial charge in [0.05, 0.1) is 18.8 Å². The molecule has 0 unspecified atom stereocenters. The number of likely N-dealkylation sites (tertiary alicyclic amines) is 2. The Balaban J connectivity index is 1.36. The summed E-state index contributed by atoms with van der Waals surface area (Å²) in [5.41, 5.74) is 0. The largest absolute Gasteiger partial charge is 0.376 e. The Bertz CT molecular complexity index is 501. The minimum atomic E-state index is -0.107. The zero-order chi connectivity index (χ0) is 19.2. The topological polar surface area (TPSA) is 56.3 Å². The summed E-state index contributed by atoms with van der Waals surface area (Å²) in [4.78, 5) is 32.7. The fourth-order valence-corrected chi connectivity index (χ4v) is 4.44. The van der Waals surface area contributed by atoms with Crippen molar-refractivity contribution in [3.63, 3.8) is 0 Å². The molecule has 0 aliphatic carbocycles. The van der Waals surface area contributed by atoms with E-state index in [0.717, 1.165) is 32.7 Å².